The van der Waals surface area contributed by atoms with Crippen LogP contribution in [0, 0.1) is 0 Å². The highest BCUT2D eigenvalue weighted by molar-refractivity contribution is 8.00. The summed E-state index contributed by atoms with van der Waals surface area (Å²) in [5.74, 6) is 0.573. The van der Waals surface area contributed by atoms with Gasteiger partial charge in [0.25, 0.3) is 0 Å². The van der Waals surface area contributed by atoms with Gasteiger partial charge in [-0.1, -0.05) is 17.4 Å². The first-order valence-corrected chi connectivity index (χ1v) is 5.01. The molecule has 1 heterocycles. The lowest BCUT2D eigenvalue weighted by Gasteiger charge is -1.98. The Morgan fingerprint density at radius 3 is 2.85 bits per heavy atom. The van der Waals surface area contributed by atoms with Crippen molar-refractivity contribution < 1.29 is 5.21 Å². The summed E-state index contributed by atoms with van der Waals surface area (Å²) in [6, 6.07) is 3.78. The summed E-state index contributed by atoms with van der Waals surface area (Å²) in [7, 11) is 0. The number of hydrogen-bond acceptors (Lipinski definition) is 5. The number of pyridine rings is 1. The van der Waals surface area contributed by atoms with Crippen LogP contribution < -0.4 is 0 Å². The Hall–Kier alpha value is -0.940. The fourth-order valence-corrected chi connectivity index (χ4v) is 1.68. The largest absolute Gasteiger partial charge is 0.411 e. The molecule has 1 rings (SSSR count). The minimum atomic E-state index is 0.497. The molecule has 0 bridgehead atoms. The van der Waals surface area contributed by atoms with Crippen molar-refractivity contribution in [1.29, 1.82) is 0 Å². The van der Waals surface area contributed by atoms with E-state index in [0.717, 1.165) is 4.90 Å². The lowest BCUT2D eigenvalue weighted by molar-refractivity contribution is 0.320. The van der Waals surface area contributed by atoms with Gasteiger partial charge in [0.05, 0.1) is 0 Å². The fourth-order valence-electron chi connectivity index (χ4n) is 0.678. The molecule has 1 aromatic rings. The molecule has 0 aliphatic rings. The van der Waals surface area contributed by atoms with Gasteiger partial charge in [-0.3, -0.25) is 4.98 Å². The summed E-state index contributed by atoms with van der Waals surface area (Å²) in [4.78, 5) is 4.97. The van der Waals surface area contributed by atoms with Crippen molar-refractivity contribution in [3.8, 4) is 0 Å². The van der Waals surface area contributed by atoms with Gasteiger partial charge in [0.15, 0.2) is 0 Å². The molecule has 0 aromatic carbocycles. The molecule has 0 atom stereocenters. The molecule has 0 aliphatic carbocycles. The molecule has 0 amide bonds. The average Bonchev–Trinajstić information content (AvgIpc) is 2.21. The predicted molar refractivity (Wildman–Crippen MR) is 57.8 cm³/mol. The Labute approximate surface area is 85.9 Å². The molecule has 0 radical (unpaired) electrons. The SMILES string of the molecule is ON=C(C=S)CSc1ccncc1. The Bertz CT molecular complexity index is 300. The minimum Gasteiger partial charge on any atom is -0.411 e. The van der Waals surface area contributed by atoms with E-state index >= 15 is 0 Å². The number of nitrogens with zero attached hydrogens (tertiary/aromatic N) is 2. The first-order chi connectivity index (χ1) is 6.36. The van der Waals surface area contributed by atoms with E-state index in [0.29, 0.717) is 11.5 Å². The van der Waals surface area contributed by atoms with Crippen molar-refractivity contribution in [1.82, 2.24) is 4.98 Å². The molecule has 5 heteroatoms. The van der Waals surface area contributed by atoms with Gasteiger partial charge in [0.1, 0.15) is 5.71 Å². The normalized spacial score (nSPS) is 11.2. The molecule has 0 aliphatic heterocycles. The zero-order valence-electron chi connectivity index (χ0n) is 6.75. The molecule has 13 heavy (non-hydrogen) atoms. The summed E-state index contributed by atoms with van der Waals surface area (Å²) >= 11 is 6.20. The third kappa shape index (κ3) is 3.52. The van der Waals surface area contributed by atoms with Crippen LogP contribution in [0.1, 0.15) is 0 Å². The number of oxime groups is 1. The first-order valence-electron chi connectivity index (χ1n) is 3.55. The third-order valence-electron chi connectivity index (χ3n) is 1.30. The van der Waals surface area contributed by atoms with Crippen molar-refractivity contribution in [2.45, 2.75) is 4.90 Å². The lowest BCUT2D eigenvalue weighted by atomic mass is 10.5. The number of thioether (sulfide) groups is 1. The van der Waals surface area contributed by atoms with Crippen LogP contribution in [-0.4, -0.2) is 27.0 Å². The van der Waals surface area contributed by atoms with Crippen molar-refractivity contribution in [3.63, 3.8) is 0 Å². The highest BCUT2D eigenvalue weighted by Crippen LogP contribution is 2.15. The Balaban J connectivity index is 2.48. The Kier molecular flexibility index (Phi) is 4.42. The third-order valence-corrected chi connectivity index (χ3v) is 2.62. The van der Waals surface area contributed by atoms with Crippen molar-refractivity contribution in [2.75, 3.05) is 5.75 Å². The van der Waals surface area contributed by atoms with Gasteiger partial charge in [0.2, 0.25) is 0 Å². The smallest absolute Gasteiger partial charge is 0.100 e. The number of thiocarbonyl (C=S) groups is 1. The highest BCUT2D eigenvalue weighted by Gasteiger charge is 1.97. The maximum absolute atomic E-state index is 8.47. The van der Waals surface area contributed by atoms with Gasteiger partial charge in [0, 0.05) is 28.4 Å². The zero-order chi connectivity index (χ0) is 9.52. The number of aromatic nitrogens is 1. The van der Waals surface area contributed by atoms with Crippen molar-refractivity contribution in [2.24, 2.45) is 5.16 Å². The van der Waals surface area contributed by atoms with E-state index in [1.807, 2.05) is 12.1 Å². The summed E-state index contributed by atoms with van der Waals surface area (Å²) in [6.07, 6.45) is 3.44. The molecule has 1 N–H and O–H groups in total. The quantitative estimate of drug-likeness (QED) is 0.272. The molecule has 0 saturated carbocycles. The summed E-state index contributed by atoms with van der Waals surface area (Å²) in [5, 5.41) is 12.9. The second-order valence-corrected chi connectivity index (χ2v) is 3.47. The van der Waals surface area contributed by atoms with E-state index in [9.17, 15) is 0 Å². The Morgan fingerprint density at radius 1 is 1.62 bits per heavy atom. The van der Waals surface area contributed by atoms with Gasteiger partial charge in [-0.2, -0.15) is 0 Å². The van der Waals surface area contributed by atoms with Gasteiger partial charge in [-0.25, -0.2) is 0 Å². The van der Waals surface area contributed by atoms with E-state index in [2.05, 4.69) is 22.4 Å². The molecule has 3 nitrogen and oxygen atoms in total. The fraction of sp³-hybridized carbons (Fsp3) is 0.125. The maximum atomic E-state index is 8.47. The minimum absolute atomic E-state index is 0.497. The van der Waals surface area contributed by atoms with Crippen LogP contribution in [0.3, 0.4) is 0 Å². The average molecular weight is 212 g/mol. The van der Waals surface area contributed by atoms with Crippen LogP contribution in [0.15, 0.2) is 34.6 Å². The summed E-state index contributed by atoms with van der Waals surface area (Å²) < 4.78 is 0. The molecular weight excluding hydrogens is 204 g/mol. The molecule has 68 valence electrons. The second-order valence-electron chi connectivity index (χ2n) is 2.18. The van der Waals surface area contributed by atoms with E-state index < -0.39 is 0 Å². The van der Waals surface area contributed by atoms with Crippen LogP contribution in [0.2, 0.25) is 0 Å². The summed E-state index contributed by atoms with van der Waals surface area (Å²) in [6.45, 7) is 0. The molecule has 0 unspecified atom stereocenters. The first kappa shape index (κ1) is 10.1. The van der Waals surface area contributed by atoms with Crippen LogP contribution in [0.5, 0.6) is 0 Å². The van der Waals surface area contributed by atoms with E-state index in [4.69, 9.17) is 5.21 Å². The zero-order valence-corrected chi connectivity index (χ0v) is 8.38. The van der Waals surface area contributed by atoms with Gasteiger partial charge in [-0.05, 0) is 12.1 Å². The van der Waals surface area contributed by atoms with E-state index in [-0.39, 0.29) is 0 Å². The summed E-state index contributed by atoms with van der Waals surface area (Å²) in [5.41, 5.74) is 0.497. The van der Waals surface area contributed by atoms with E-state index in [1.165, 1.54) is 5.37 Å². The molecule has 0 fully saturated rings. The van der Waals surface area contributed by atoms with Gasteiger partial charge < -0.3 is 5.21 Å². The van der Waals surface area contributed by atoms with Crippen LogP contribution >= 0.6 is 24.0 Å². The van der Waals surface area contributed by atoms with Gasteiger partial charge >= 0.3 is 0 Å². The molecule has 0 spiro atoms. The number of rotatable bonds is 4. The predicted octanol–water partition coefficient (Wildman–Crippen LogP) is 2.00. The topological polar surface area (TPSA) is 45.5 Å². The van der Waals surface area contributed by atoms with Crippen molar-refractivity contribution in [3.05, 3.63) is 24.5 Å². The second kappa shape index (κ2) is 5.66. The van der Waals surface area contributed by atoms with Crippen molar-refractivity contribution >= 4 is 35.1 Å². The maximum Gasteiger partial charge on any atom is 0.100 e. The van der Waals surface area contributed by atoms with Crippen LogP contribution in [0.25, 0.3) is 0 Å². The molecule has 1 aromatic heterocycles. The molecular formula is C8H8N2OS2. The van der Waals surface area contributed by atoms with Gasteiger partial charge in [-0.15, -0.1) is 11.8 Å². The van der Waals surface area contributed by atoms with E-state index in [1.54, 1.807) is 24.2 Å². The monoisotopic (exact) mass is 212 g/mol. The highest BCUT2D eigenvalue weighted by atomic mass is 32.2. The van der Waals surface area contributed by atoms with Crippen LogP contribution in [-0.2, 0) is 0 Å². The standard InChI is InChI=1S/C8H8N2OS2/c11-10-7(5-12)6-13-8-1-3-9-4-2-8/h1-5,11H,6H2. The number of hydrogen-bond donors (Lipinski definition) is 1. The Morgan fingerprint density at radius 2 is 2.31 bits per heavy atom. The lowest BCUT2D eigenvalue weighted by Crippen LogP contribution is -2.01. The van der Waals surface area contributed by atoms with Crippen LogP contribution in [0.4, 0.5) is 0 Å². The molecule has 0 saturated heterocycles.